The Morgan fingerprint density at radius 1 is 0.773 bits per heavy atom. The minimum atomic E-state index is 0.405. The highest BCUT2D eigenvalue weighted by Crippen LogP contribution is 2.22. The number of unbranched alkanes of at least 4 members (excludes halogenated alkanes) is 7. The molecular formula is C20H41NO. The van der Waals surface area contributed by atoms with Gasteiger partial charge >= 0.3 is 0 Å². The van der Waals surface area contributed by atoms with Crippen molar-refractivity contribution >= 4 is 0 Å². The summed E-state index contributed by atoms with van der Waals surface area (Å²) in [4.78, 5) is 2.74. The number of nitrogens with zero attached hydrogens (tertiary/aromatic N) is 1. The van der Waals surface area contributed by atoms with Crippen LogP contribution in [0, 0.1) is 0 Å². The van der Waals surface area contributed by atoms with Crippen LogP contribution in [0.5, 0.6) is 0 Å². The van der Waals surface area contributed by atoms with Crippen molar-refractivity contribution in [2.24, 2.45) is 0 Å². The van der Waals surface area contributed by atoms with Crippen LogP contribution in [0.15, 0.2) is 0 Å². The standard InChI is InChI=1S/C20H41NO/c1-5-7-9-11-13-15-20(14-12-10-8-6-2)21-16-18(3)22-19(4)17-21/h18-20H,5-17H2,1-4H3. The summed E-state index contributed by atoms with van der Waals surface area (Å²) in [5.41, 5.74) is 0. The predicted octanol–water partition coefficient (Wildman–Crippen LogP) is 5.80. The molecule has 0 aromatic rings. The molecule has 132 valence electrons. The Balaban J connectivity index is 2.38. The van der Waals surface area contributed by atoms with E-state index in [0.29, 0.717) is 12.2 Å². The average molecular weight is 312 g/mol. The molecule has 0 aromatic heterocycles. The Labute approximate surface area is 140 Å². The Hall–Kier alpha value is -0.0800. The molecule has 0 saturated carbocycles. The lowest BCUT2D eigenvalue weighted by Gasteiger charge is -2.40. The van der Waals surface area contributed by atoms with Gasteiger partial charge in [-0.3, -0.25) is 4.90 Å². The molecule has 3 unspecified atom stereocenters. The molecule has 0 bridgehead atoms. The number of morpholine rings is 1. The molecule has 0 aromatic carbocycles. The van der Waals surface area contributed by atoms with Crippen LogP contribution in [0.3, 0.4) is 0 Å². The van der Waals surface area contributed by atoms with Crippen LogP contribution >= 0.6 is 0 Å². The van der Waals surface area contributed by atoms with Gasteiger partial charge in [0, 0.05) is 19.1 Å². The fourth-order valence-electron chi connectivity index (χ4n) is 3.82. The van der Waals surface area contributed by atoms with E-state index in [2.05, 4.69) is 32.6 Å². The smallest absolute Gasteiger partial charge is 0.0678 e. The van der Waals surface area contributed by atoms with Gasteiger partial charge in [0.2, 0.25) is 0 Å². The van der Waals surface area contributed by atoms with E-state index in [1.807, 2.05) is 0 Å². The molecule has 1 fully saturated rings. The molecule has 1 aliphatic rings. The molecule has 2 nitrogen and oxygen atoms in total. The SMILES string of the molecule is CCCCCCCC(CCCCCC)N1CC(C)OC(C)C1. The molecule has 0 N–H and O–H groups in total. The summed E-state index contributed by atoms with van der Waals surface area (Å²) < 4.78 is 5.93. The van der Waals surface area contributed by atoms with E-state index in [1.165, 1.54) is 70.6 Å². The summed E-state index contributed by atoms with van der Waals surface area (Å²) in [6.45, 7) is 11.3. The molecule has 3 atom stereocenters. The molecule has 1 heterocycles. The molecule has 1 saturated heterocycles. The van der Waals surface area contributed by atoms with E-state index in [0.717, 1.165) is 19.1 Å². The normalized spacial score (nSPS) is 24.5. The lowest BCUT2D eigenvalue weighted by Crippen LogP contribution is -2.50. The fraction of sp³-hybridized carbons (Fsp3) is 1.00. The van der Waals surface area contributed by atoms with Crippen LogP contribution < -0.4 is 0 Å². The topological polar surface area (TPSA) is 12.5 Å². The minimum absolute atomic E-state index is 0.405. The zero-order valence-electron chi connectivity index (χ0n) is 15.8. The van der Waals surface area contributed by atoms with E-state index in [4.69, 9.17) is 4.74 Å². The van der Waals surface area contributed by atoms with Gasteiger partial charge in [-0.25, -0.2) is 0 Å². The molecule has 1 aliphatic heterocycles. The van der Waals surface area contributed by atoms with Gasteiger partial charge in [-0.15, -0.1) is 0 Å². The lowest BCUT2D eigenvalue weighted by atomic mass is 9.98. The predicted molar refractivity (Wildman–Crippen MR) is 97.5 cm³/mol. The quantitative estimate of drug-likeness (QED) is 0.423. The van der Waals surface area contributed by atoms with E-state index in [-0.39, 0.29) is 0 Å². The van der Waals surface area contributed by atoms with Gasteiger partial charge in [-0.05, 0) is 26.7 Å². The molecule has 1 rings (SSSR count). The minimum Gasteiger partial charge on any atom is -0.373 e. The summed E-state index contributed by atoms with van der Waals surface area (Å²) in [5, 5.41) is 0. The van der Waals surface area contributed by atoms with E-state index in [1.54, 1.807) is 0 Å². The van der Waals surface area contributed by atoms with Crippen molar-refractivity contribution in [2.75, 3.05) is 13.1 Å². The second-order valence-corrected chi connectivity index (χ2v) is 7.42. The van der Waals surface area contributed by atoms with Crippen LogP contribution in [0.1, 0.15) is 98.3 Å². The molecule has 2 heteroatoms. The maximum absolute atomic E-state index is 5.93. The molecule has 0 amide bonds. The van der Waals surface area contributed by atoms with Crippen LogP contribution in [-0.4, -0.2) is 36.2 Å². The van der Waals surface area contributed by atoms with Crippen molar-refractivity contribution in [2.45, 2.75) is 117 Å². The summed E-state index contributed by atoms with van der Waals surface area (Å²) in [5.74, 6) is 0. The zero-order chi connectivity index (χ0) is 16.2. The third kappa shape index (κ3) is 8.53. The van der Waals surface area contributed by atoms with Gasteiger partial charge < -0.3 is 4.74 Å². The zero-order valence-corrected chi connectivity index (χ0v) is 15.8. The number of hydrogen-bond donors (Lipinski definition) is 0. The molecule has 22 heavy (non-hydrogen) atoms. The summed E-state index contributed by atoms with van der Waals surface area (Å²) in [6.07, 6.45) is 16.2. The first-order valence-corrected chi connectivity index (χ1v) is 10.1. The summed E-state index contributed by atoms with van der Waals surface area (Å²) >= 11 is 0. The second-order valence-electron chi connectivity index (χ2n) is 7.42. The van der Waals surface area contributed by atoms with Crippen molar-refractivity contribution in [3.8, 4) is 0 Å². The Kier molecular flexibility index (Phi) is 11.2. The molecule has 0 aliphatic carbocycles. The van der Waals surface area contributed by atoms with Crippen LogP contribution in [-0.2, 0) is 4.74 Å². The maximum atomic E-state index is 5.93. The largest absolute Gasteiger partial charge is 0.373 e. The van der Waals surface area contributed by atoms with Crippen LogP contribution in [0.25, 0.3) is 0 Å². The second kappa shape index (κ2) is 12.4. The molecule has 0 radical (unpaired) electrons. The third-order valence-electron chi connectivity index (χ3n) is 5.00. The van der Waals surface area contributed by atoms with E-state index in [9.17, 15) is 0 Å². The van der Waals surface area contributed by atoms with Gasteiger partial charge in [0.25, 0.3) is 0 Å². The van der Waals surface area contributed by atoms with Crippen molar-refractivity contribution in [3.05, 3.63) is 0 Å². The first-order chi connectivity index (χ1) is 10.7. The van der Waals surface area contributed by atoms with Gasteiger partial charge in [0.1, 0.15) is 0 Å². The van der Waals surface area contributed by atoms with E-state index >= 15 is 0 Å². The molecular weight excluding hydrogens is 270 g/mol. The number of ether oxygens (including phenoxy) is 1. The monoisotopic (exact) mass is 311 g/mol. The van der Waals surface area contributed by atoms with Crippen LogP contribution in [0.4, 0.5) is 0 Å². The van der Waals surface area contributed by atoms with Gasteiger partial charge in [0.15, 0.2) is 0 Å². The highest BCUT2D eigenvalue weighted by atomic mass is 16.5. The molecule has 0 spiro atoms. The van der Waals surface area contributed by atoms with Crippen molar-refractivity contribution in [1.29, 1.82) is 0 Å². The third-order valence-corrected chi connectivity index (χ3v) is 5.00. The van der Waals surface area contributed by atoms with Gasteiger partial charge in [-0.1, -0.05) is 71.6 Å². The van der Waals surface area contributed by atoms with Crippen molar-refractivity contribution < 1.29 is 4.74 Å². The summed E-state index contributed by atoms with van der Waals surface area (Å²) in [6, 6.07) is 0.798. The van der Waals surface area contributed by atoms with Crippen LogP contribution in [0.2, 0.25) is 0 Å². The first-order valence-electron chi connectivity index (χ1n) is 10.1. The average Bonchev–Trinajstić information content (AvgIpc) is 2.48. The van der Waals surface area contributed by atoms with Crippen molar-refractivity contribution in [1.82, 2.24) is 4.90 Å². The Bertz CT molecular complexity index is 246. The lowest BCUT2D eigenvalue weighted by molar-refractivity contribution is -0.0825. The van der Waals surface area contributed by atoms with Gasteiger partial charge in [-0.2, -0.15) is 0 Å². The summed E-state index contributed by atoms with van der Waals surface area (Å²) in [7, 11) is 0. The maximum Gasteiger partial charge on any atom is 0.0678 e. The highest BCUT2D eigenvalue weighted by Gasteiger charge is 2.27. The van der Waals surface area contributed by atoms with Gasteiger partial charge in [0.05, 0.1) is 12.2 Å². The van der Waals surface area contributed by atoms with Crippen molar-refractivity contribution in [3.63, 3.8) is 0 Å². The first kappa shape index (κ1) is 20.0. The number of rotatable bonds is 12. The highest BCUT2D eigenvalue weighted by molar-refractivity contribution is 4.80. The number of hydrogen-bond acceptors (Lipinski definition) is 2. The Morgan fingerprint density at radius 2 is 1.23 bits per heavy atom. The fourth-order valence-corrected chi connectivity index (χ4v) is 3.82. The van der Waals surface area contributed by atoms with E-state index < -0.39 is 0 Å². The Morgan fingerprint density at radius 3 is 1.73 bits per heavy atom.